The van der Waals surface area contributed by atoms with Crippen molar-refractivity contribution in [3.05, 3.63) is 119 Å². The summed E-state index contributed by atoms with van der Waals surface area (Å²) in [7, 11) is 0. The molecule has 2 aliphatic heterocycles. The van der Waals surface area contributed by atoms with Crippen LogP contribution in [0.5, 0.6) is 17.4 Å². The molecule has 53 heavy (non-hydrogen) atoms. The number of anilines is 1. The van der Waals surface area contributed by atoms with Crippen LogP contribution in [0.2, 0.25) is 0 Å². The number of fused-ring (bicyclic) bond motifs is 1. The fraction of sp³-hybridized carbons (Fsp3) is 0.256. The Hall–Kier alpha value is -6.44. The number of carbonyl (C=O) groups excluding carboxylic acids is 4. The van der Waals surface area contributed by atoms with Gasteiger partial charge in [0, 0.05) is 36.4 Å². The van der Waals surface area contributed by atoms with Gasteiger partial charge in [0.25, 0.3) is 17.7 Å². The molecule has 3 aliphatic rings. The maximum Gasteiger partial charge on any atom is 0.262 e. The molecule has 5 aromatic rings. The maximum absolute atomic E-state index is 14.5. The molecule has 0 radical (unpaired) electrons. The van der Waals surface area contributed by atoms with Crippen LogP contribution in [0, 0.1) is 5.82 Å². The highest BCUT2D eigenvalue weighted by atomic mass is 19.1. The largest absolute Gasteiger partial charge is 0.490 e. The summed E-state index contributed by atoms with van der Waals surface area (Å²) in [5, 5.41) is 13.3. The molecule has 2 aromatic heterocycles. The number of ether oxygens (including phenoxy) is 2. The highest BCUT2D eigenvalue weighted by Crippen LogP contribution is 2.36. The number of halogens is 1. The molecule has 14 heteroatoms. The molecule has 4 amide bonds. The molecule has 1 saturated carbocycles. The minimum atomic E-state index is -0.999. The number of pyridine rings is 1. The minimum Gasteiger partial charge on any atom is -0.490 e. The average molecular weight is 716 g/mol. The van der Waals surface area contributed by atoms with Gasteiger partial charge in [0.15, 0.2) is 11.6 Å². The number of nitrogens with one attached hydrogen (secondary N) is 2. The number of imide groups is 2. The highest BCUT2D eigenvalue weighted by molar-refractivity contribution is 6.23. The molecule has 13 nitrogen and oxygen atoms in total. The third kappa shape index (κ3) is 6.47. The van der Waals surface area contributed by atoms with E-state index in [9.17, 15) is 23.6 Å². The van der Waals surface area contributed by atoms with Gasteiger partial charge in [0.05, 0.1) is 23.5 Å². The molecule has 268 valence electrons. The minimum absolute atomic E-state index is 0.00999. The molecular formula is C39H34FN7O6. The smallest absolute Gasteiger partial charge is 0.262 e. The van der Waals surface area contributed by atoms with Crippen molar-refractivity contribution in [3.8, 4) is 23.2 Å². The molecule has 0 bridgehead atoms. The maximum atomic E-state index is 14.5. The second kappa shape index (κ2) is 13.3. The number of hydrogen-bond acceptors (Lipinski definition) is 10. The first kappa shape index (κ1) is 33.7. The van der Waals surface area contributed by atoms with Gasteiger partial charge in [-0.2, -0.15) is 4.98 Å². The van der Waals surface area contributed by atoms with Crippen LogP contribution in [0.4, 0.5) is 10.1 Å². The summed E-state index contributed by atoms with van der Waals surface area (Å²) in [6.07, 6.45) is 4.81. The van der Waals surface area contributed by atoms with E-state index in [0.29, 0.717) is 17.3 Å². The number of amides is 4. The standard InChI is InChI=1S/C39H34FN7O6/c1-39(2,23-5-10-27(11-6-23)53-36-31(40)13-15-33(43-36)46-18-17-41-45-46)22-3-8-26(9-4-22)52-28-19-25(20-28)42-24-7-12-29-30(21-24)38(51)47(37(29)50)32-14-16-34(48)44-35(32)49/h3-13,15,17-18,21,25,28,32,42H,14,16,19-20H2,1-2H3,(H,44,48,49). The second-order valence-electron chi connectivity index (χ2n) is 13.8. The number of carbonyl (C=O) groups is 4. The van der Waals surface area contributed by atoms with Crippen LogP contribution < -0.4 is 20.1 Å². The van der Waals surface area contributed by atoms with Gasteiger partial charge in [-0.25, -0.2) is 9.07 Å². The molecule has 1 saturated heterocycles. The lowest BCUT2D eigenvalue weighted by molar-refractivity contribution is -0.136. The number of piperidine rings is 1. The molecular weight excluding hydrogens is 681 g/mol. The predicted molar refractivity (Wildman–Crippen MR) is 188 cm³/mol. The summed E-state index contributed by atoms with van der Waals surface area (Å²) < 4.78 is 27.9. The Bertz CT molecular complexity index is 2240. The van der Waals surface area contributed by atoms with Crippen molar-refractivity contribution in [1.82, 2.24) is 30.2 Å². The summed E-state index contributed by atoms with van der Waals surface area (Å²) in [6, 6.07) is 22.4. The topological polar surface area (TPSA) is 158 Å². The lowest BCUT2D eigenvalue weighted by Crippen LogP contribution is -2.54. The first-order chi connectivity index (χ1) is 25.5. The first-order valence-corrected chi connectivity index (χ1v) is 17.2. The second-order valence-corrected chi connectivity index (χ2v) is 13.8. The van der Waals surface area contributed by atoms with Crippen LogP contribution in [0.25, 0.3) is 5.82 Å². The van der Waals surface area contributed by atoms with Crippen molar-refractivity contribution in [2.45, 2.75) is 63.1 Å². The van der Waals surface area contributed by atoms with Crippen LogP contribution in [0.1, 0.15) is 71.4 Å². The Morgan fingerprint density at radius 2 is 1.57 bits per heavy atom. The summed E-state index contributed by atoms with van der Waals surface area (Å²) in [4.78, 5) is 55.3. The molecule has 3 aromatic carbocycles. The molecule has 8 rings (SSSR count). The van der Waals surface area contributed by atoms with Crippen LogP contribution >= 0.6 is 0 Å². The quantitative estimate of drug-likeness (QED) is 0.181. The van der Waals surface area contributed by atoms with Gasteiger partial charge in [0.2, 0.25) is 11.8 Å². The molecule has 1 aliphatic carbocycles. The van der Waals surface area contributed by atoms with Crippen LogP contribution in [0.3, 0.4) is 0 Å². The van der Waals surface area contributed by atoms with Gasteiger partial charge in [-0.15, -0.1) is 5.10 Å². The van der Waals surface area contributed by atoms with Gasteiger partial charge in [-0.1, -0.05) is 43.3 Å². The number of hydrogen-bond donors (Lipinski definition) is 2. The van der Waals surface area contributed by atoms with Gasteiger partial charge < -0.3 is 14.8 Å². The summed E-state index contributed by atoms with van der Waals surface area (Å²) >= 11 is 0. The fourth-order valence-corrected chi connectivity index (χ4v) is 6.88. The molecule has 2 fully saturated rings. The fourth-order valence-electron chi connectivity index (χ4n) is 6.88. The zero-order chi connectivity index (χ0) is 36.9. The Labute approximate surface area is 303 Å². The third-order valence-corrected chi connectivity index (χ3v) is 10.0. The Morgan fingerprint density at radius 1 is 0.868 bits per heavy atom. The monoisotopic (exact) mass is 715 g/mol. The van der Waals surface area contributed by atoms with Crippen molar-refractivity contribution in [2.24, 2.45) is 0 Å². The summed E-state index contributed by atoms with van der Waals surface area (Å²) in [5.74, 6) is -1.27. The van der Waals surface area contributed by atoms with E-state index in [-0.39, 0.29) is 47.4 Å². The molecule has 2 N–H and O–H groups in total. The van der Waals surface area contributed by atoms with Crippen LogP contribution in [-0.4, -0.2) is 66.7 Å². The van der Waals surface area contributed by atoms with E-state index in [1.165, 1.54) is 23.0 Å². The summed E-state index contributed by atoms with van der Waals surface area (Å²) in [5.41, 5.74) is 2.96. The van der Waals surface area contributed by atoms with Gasteiger partial charge >= 0.3 is 0 Å². The summed E-state index contributed by atoms with van der Waals surface area (Å²) in [6.45, 7) is 4.25. The molecule has 1 atom stereocenters. The van der Waals surface area contributed by atoms with E-state index in [4.69, 9.17) is 9.47 Å². The van der Waals surface area contributed by atoms with Crippen molar-refractivity contribution >= 4 is 29.3 Å². The normalized spacial score (nSPS) is 19.8. The zero-order valence-electron chi connectivity index (χ0n) is 28.8. The number of aromatic nitrogens is 4. The van der Waals surface area contributed by atoms with Gasteiger partial charge in [-0.3, -0.25) is 29.4 Å². The van der Waals surface area contributed by atoms with E-state index in [0.717, 1.165) is 34.6 Å². The van der Waals surface area contributed by atoms with Gasteiger partial charge in [-0.05, 0) is 72.1 Å². The first-order valence-electron chi connectivity index (χ1n) is 17.2. The van der Waals surface area contributed by atoms with E-state index in [1.807, 2.05) is 36.4 Å². The number of benzene rings is 3. The lowest BCUT2D eigenvalue weighted by atomic mass is 9.78. The zero-order valence-corrected chi connectivity index (χ0v) is 28.8. The molecule has 0 spiro atoms. The van der Waals surface area contributed by atoms with Crippen molar-refractivity contribution < 1.29 is 33.0 Å². The Balaban J connectivity index is 0.846. The van der Waals surface area contributed by atoms with Gasteiger partial charge in [0.1, 0.15) is 23.6 Å². The van der Waals surface area contributed by atoms with Crippen molar-refractivity contribution in [1.29, 1.82) is 0 Å². The van der Waals surface area contributed by atoms with Crippen molar-refractivity contribution in [2.75, 3.05) is 5.32 Å². The van der Waals surface area contributed by atoms with Crippen LogP contribution in [0.15, 0.2) is 91.3 Å². The Kier molecular flexibility index (Phi) is 8.44. The highest BCUT2D eigenvalue weighted by Gasteiger charge is 2.45. The van der Waals surface area contributed by atoms with Crippen LogP contribution in [-0.2, 0) is 15.0 Å². The Morgan fingerprint density at radius 3 is 2.25 bits per heavy atom. The lowest BCUT2D eigenvalue weighted by Gasteiger charge is -2.36. The molecule has 4 heterocycles. The van der Waals surface area contributed by atoms with Crippen molar-refractivity contribution in [3.63, 3.8) is 0 Å². The average Bonchev–Trinajstić information content (AvgIpc) is 3.76. The molecule has 1 unspecified atom stereocenters. The predicted octanol–water partition coefficient (Wildman–Crippen LogP) is 5.34. The van der Waals surface area contributed by atoms with E-state index in [1.54, 1.807) is 36.5 Å². The van der Waals surface area contributed by atoms with E-state index in [2.05, 4.69) is 39.8 Å². The van der Waals surface area contributed by atoms with E-state index < -0.39 is 35.5 Å². The number of rotatable bonds is 10. The van der Waals surface area contributed by atoms with E-state index >= 15 is 0 Å². The number of nitrogens with zero attached hydrogens (tertiary/aromatic N) is 5. The SMILES string of the molecule is CC(C)(c1ccc(Oc2nc(-n3ccnn3)ccc2F)cc1)c1ccc(OC2CC(Nc3ccc4c(c3)C(=O)N(C3CCC(=O)NC3=O)C4=O)C2)cc1. The third-order valence-electron chi connectivity index (χ3n) is 10.0.